The normalized spacial score (nSPS) is 11.3. The second-order valence-corrected chi connectivity index (χ2v) is 6.19. The standard InChI is InChI=1S/C11H9BrFN3O2S/c12-9-5-7(1-2-10(9)13)16-19(17,18)8-3-4-15-11(14)6-8/h1-6,16H,(H2,14,15). The second kappa shape index (κ2) is 5.14. The van der Waals surface area contributed by atoms with Crippen molar-refractivity contribution in [1.29, 1.82) is 0 Å². The average molecular weight is 346 g/mol. The van der Waals surface area contributed by atoms with Crippen LogP contribution in [0.5, 0.6) is 0 Å². The Morgan fingerprint density at radius 3 is 2.63 bits per heavy atom. The molecule has 0 aliphatic heterocycles. The van der Waals surface area contributed by atoms with Crippen LogP contribution in [0.1, 0.15) is 0 Å². The molecular weight excluding hydrogens is 337 g/mol. The average Bonchev–Trinajstić information content (AvgIpc) is 2.33. The molecule has 1 aromatic carbocycles. The van der Waals surface area contributed by atoms with Crippen molar-refractivity contribution in [3.8, 4) is 0 Å². The molecule has 0 bridgehead atoms. The van der Waals surface area contributed by atoms with Crippen molar-refractivity contribution in [2.75, 3.05) is 10.5 Å². The summed E-state index contributed by atoms with van der Waals surface area (Å²) in [6.45, 7) is 0. The van der Waals surface area contributed by atoms with Gasteiger partial charge in [0.2, 0.25) is 0 Å². The van der Waals surface area contributed by atoms with Gasteiger partial charge >= 0.3 is 0 Å². The van der Waals surface area contributed by atoms with Crippen LogP contribution >= 0.6 is 15.9 Å². The van der Waals surface area contributed by atoms with Crippen LogP contribution in [-0.2, 0) is 10.0 Å². The van der Waals surface area contributed by atoms with E-state index in [0.717, 1.165) is 6.07 Å². The number of pyridine rings is 1. The van der Waals surface area contributed by atoms with E-state index in [4.69, 9.17) is 5.73 Å². The smallest absolute Gasteiger partial charge is 0.262 e. The van der Waals surface area contributed by atoms with Crippen LogP contribution in [0.2, 0.25) is 0 Å². The molecule has 100 valence electrons. The Labute approximate surface area is 117 Å². The zero-order chi connectivity index (χ0) is 14.0. The largest absolute Gasteiger partial charge is 0.384 e. The first-order chi connectivity index (χ1) is 8.88. The Morgan fingerprint density at radius 2 is 2.00 bits per heavy atom. The summed E-state index contributed by atoms with van der Waals surface area (Å²) < 4.78 is 39.6. The van der Waals surface area contributed by atoms with Crippen LogP contribution in [0.25, 0.3) is 0 Å². The first-order valence-electron chi connectivity index (χ1n) is 5.08. The van der Waals surface area contributed by atoms with Gasteiger partial charge in [-0.15, -0.1) is 0 Å². The van der Waals surface area contributed by atoms with Gasteiger partial charge in [0.15, 0.2) is 0 Å². The molecule has 0 radical (unpaired) electrons. The van der Waals surface area contributed by atoms with Gasteiger partial charge in [-0.3, -0.25) is 4.72 Å². The molecule has 2 aromatic rings. The number of sulfonamides is 1. The minimum Gasteiger partial charge on any atom is -0.384 e. The lowest BCUT2D eigenvalue weighted by atomic mass is 10.3. The highest BCUT2D eigenvalue weighted by molar-refractivity contribution is 9.10. The van der Waals surface area contributed by atoms with Crippen LogP contribution < -0.4 is 10.5 Å². The number of nitrogens with zero attached hydrogens (tertiary/aromatic N) is 1. The Kier molecular flexibility index (Phi) is 3.72. The van der Waals surface area contributed by atoms with E-state index < -0.39 is 15.8 Å². The molecule has 0 saturated carbocycles. The first-order valence-corrected chi connectivity index (χ1v) is 7.35. The maximum absolute atomic E-state index is 13.1. The van der Waals surface area contributed by atoms with Gasteiger partial charge in [-0.2, -0.15) is 0 Å². The maximum atomic E-state index is 13.1. The number of rotatable bonds is 3. The summed E-state index contributed by atoms with van der Waals surface area (Å²) >= 11 is 2.98. The molecule has 5 nitrogen and oxygen atoms in total. The fourth-order valence-electron chi connectivity index (χ4n) is 1.37. The van der Waals surface area contributed by atoms with E-state index in [1.165, 1.54) is 30.5 Å². The van der Waals surface area contributed by atoms with Crippen molar-refractivity contribution in [1.82, 2.24) is 4.98 Å². The van der Waals surface area contributed by atoms with Gasteiger partial charge in [0, 0.05) is 12.3 Å². The summed E-state index contributed by atoms with van der Waals surface area (Å²) in [5, 5.41) is 0. The number of nitrogens with one attached hydrogen (secondary N) is 1. The molecule has 1 aromatic heterocycles. The summed E-state index contributed by atoms with van der Waals surface area (Å²) in [5.74, 6) is -0.376. The summed E-state index contributed by atoms with van der Waals surface area (Å²) in [6, 6.07) is 6.36. The highest BCUT2D eigenvalue weighted by Crippen LogP contribution is 2.22. The molecule has 0 aliphatic rings. The number of aromatic nitrogens is 1. The van der Waals surface area contributed by atoms with Gasteiger partial charge in [0.25, 0.3) is 10.0 Å². The Balaban J connectivity index is 2.33. The van der Waals surface area contributed by atoms with Gasteiger partial charge in [-0.25, -0.2) is 17.8 Å². The molecule has 0 fully saturated rings. The molecule has 19 heavy (non-hydrogen) atoms. The number of hydrogen-bond acceptors (Lipinski definition) is 4. The number of hydrogen-bond donors (Lipinski definition) is 2. The molecular formula is C11H9BrFN3O2S. The number of nitrogens with two attached hydrogens (primary N) is 1. The van der Waals surface area contributed by atoms with E-state index in [-0.39, 0.29) is 20.9 Å². The van der Waals surface area contributed by atoms with Crippen molar-refractivity contribution in [3.63, 3.8) is 0 Å². The Hall–Kier alpha value is -1.67. The lowest BCUT2D eigenvalue weighted by Gasteiger charge is -2.08. The lowest BCUT2D eigenvalue weighted by molar-refractivity contribution is 0.600. The van der Waals surface area contributed by atoms with Gasteiger partial charge in [-0.05, 0) is 40.2 Å². The summed E-state index contributed by atoms with van der Waals surface area (Å²) in [5.41, 5.74) is 5.67. The highest BCUT2D eigenvalue weighted by atomic mass is 79.9. The minimum absolute atomic E-state index is 0.0135. The molecule has 0 amide bonds. The van der Waals surface area contributed by atoms with E-state index in [2.05, 4.69) is 25.6 Å². The molecule has 0 aliphatic carbocycles. The SMILES string of the molecule is Nc1cc(S(=O)(=O)Nc2ccc(F)c(Br)c2)ccn1. The van der Waals surface area contributed by atoms with Gasteiger partial charge in [0.1, 0.15) is 11.6 Å². The van der Waals surface area contributed by atoms with Crippen LogP contribution in [0.3, 0.4) is 0 Å². The van der Waals surface area contributed by atoms with Crippen LogP contribution in [0.15, 0.2) is 45.9 Å². The summed E-state index contributed by atoms with van der Waals surface area (Å²) in [4.78, 5) is 3.70. The topological polar surface area (TPSA) is 85.1 Å². The van der Waals surface area contributed by atoms with Gasteiger partial charge < -0.3 is 5.73 Å². The second-order valence-electron chi connectivity index (χ2n) is 3.65. The molecule has 2 rings (SSSR count). The van der Waals surface area contributed by atoms with E-state index in [1.807, 2.05) is 0 Å². The van der Waals surface area contributed by atoms with Gasteiger partial charge in [0.05, 0.1) is 15.1 Å². The highest BCUT2D eigenvalue weighted by Gasteiger charge is 2.15. The minimum atomic E-state index is -3.78. The van der Waals surface area contributed by atoms with Crippen LogP contribution in [0.4, 0.5) is 15.9 Å². The van der Waals surface area contributed by atoms with Gasteiger partial charge in [-0.1, -0.05) is 0 Å². The van der Waals surface area contributed by atoms with Crippen LogP contribution in [0, 0.1) is 5.82 Å². The number of anilines is 2. The number of halogens is 2. The van der Waals surface area contributed by atoms with E-state index in [1.54, 1.807) is 0 Å². The quantitative estimate of drug-likeness (QED) is 0.894. The third-order valence-corrected chi connectivity index (χ3v) is 4.22. The molecule has 8 heteroatoms. The predicted molar refractivity (Wildman–Crippen MR) is 73.6 cm³/mol. The number of benzene rings is 1. The third-order valence-electron chi connectivity index (χ3n) is 2.23. The van der Waals surface area contributed by atoms with Crippen molar-refractivity contribution < 1.29 is 12.8 Å². The molecule has 0 atom stereocenters. The van der Waals surface area contributed by atoms with Crippen molar-refractivity contribution in [2.45, 2.75) is 4.90 Å². The Bertz CT molecular complexity index is 722. The summed E-state index contributed by atoms with van der Waals surface area (Å²) in [7, 11) is -3.78. The van der Waals surface area contributed by atoms with Crippen molar-refractivity contribution in [3.05, 3.63) is 46.8 Å². The molecule has 0 unspecified atom stereocenters. The first kappa shape index (κ1) is 13.8. The predicted octanol–water partition coefficient (Wildman–Crippen LogP) is 2.37. The molecule has 0 saturated heterocycles. The zero-order valence-electron chi connectivity index (χ0n) is 9.47. The lowest BCUT2D eigenvalue weighted by Crippen LogP contribution is -2.13. The monoisotopic (exact) mass is 345 g/mol. The molecule has 3 N–H and O–H groups in total. The Morgan fingerprint density at radius 1 is 1.26 bits per heavy atom. The van der Waals surface area contributed by atoms with E-state index in [9.17, 15) is 12.8 Å². The molecule has 1 heterocycles. The third kappa shape index (κ3) is 3.21. The fourth-order valence-corrected chi connectivity index (χ4v) is 2.82. The maximum Gasteiger partial charge on any atom is 0.262 e. The summed E-state index contributed by atoms with van der Waals surface area (Å²) in [6.07, 6.45) is 1.30. The zero-order valence-corrected chi connectivity index (χ0v) is 11.9. The van der Waals surface area contributed by atoms with E-state index in [0.29, 0.717) is 0 Å². The van der Waals surface area contributed by atoms with Crippen molar-refractivity contribution in [2.24, 2.45) is 0 Å². The van der Waals surface area contributed by atoms with Crippen molar-refractivity contribution >= 4 is 37.5 Å². The van der Waals surface area contributed by atoms with Crippen LogP contribution in [-0.4, -0.2) is 13.4 Å². The van der Waals surface area contributed by atoms with E-state index >= 15 is 0 Å². The molecule has 0 spiro atoms. The number of nitrogen functional groups attached to an aromatic ring is 1. The fraction of sp³-hybridized carbons (Fsp3) is 0.